The van der Waals surface area contributed by atoms with E-state index in [1.54, 1.807) is 7.11 Å². The van der Waals surface area contributed by atoms with Crippen LogP contribution in [0.25, 0.3) is 0 Å². The van der Waals surface area contributed by atoms with Gasteiger partial charge in [0.25, 0.3) is 0 Å². The van der Waals surface area contributed by atoms with Crippen molar-refractivity contribution in [2.24, 2.45) is 17.1 Å². The first-order valence-electron chi connectivity index (χ1n) is 5.98. The van der Waals surface area contributed by atoms with Crippen LogP contribution in [0, 0.1) is 11.3 Å². The molecule has 1 saturated carbocycles. The molecule has 0 bridgehead atoms. The molecule has 2 heteroatoms. The second-order valence-electron chi connectivity index (χ2n) is 4.73. The Morgan fingerprint density at radius 1 is 1.36 bits per heavy atom. The Balaban J connectivity index is 2.64. The summed E-state index contributed by atoms with van der Waals surface area (Å²) >= 11 is 0. The van der Waals surface area contributed by atoms with Crippen molar-refractivity contribution < 1.29 is 4.74 Å². The summed E-state index contributed by atoms with van der Waals surface area (Å²) < 4.78 is 5.38. The maximum atomic E-state index is 5.98. The SMILES string of the molecule is CCCC(CN)(COC)C1CCCC1. The van der Waals surface area contributed by atoms with Gasteiger partial charge in [0.1, 0.15) is 0 Å². The lowest BCUT2D eigenvalue weighted by Gasteiger charge is -2.37. The molecule has 0 spiro atoms. The summed E-state index contributed by atoms with van der Waals surface area (Å²) in [4.78, 5) is 0. The second-order valence-corrected chi connectivity index (χ2v) is 4.73. The number of rotatable bonds is 6. The summed E-state index contributed by atoms with van der Waals surface area (Å²) in [5.74, 6) is 0.812. The molecule has 0 aromatic carbocycles. The molecule has 1 aliphatic carbocycles. The fraction of sp³-hybridized carbons (Fsp3) is 1.00. The van der Waals surface area contributed by atoms with Crippen molar-refractivity contribution in [1.82, 2.24) is 0 Å². The van der Waals surface area contributed by atoms with Crippen LogP contribution in [0.1, 0.15) is 45.4 Å². The summed E-state index contributed by atoms with van der Waals surface area (Å²) in [5.41, 5.74) is 6.26. The van der Waals surface area contributed by atoms with Gasteiger partial charge in [0.05, 0.1) is 6.61 Å². The van der Waals surface area contributed by atoms with Crippen LogP contribution in [0.4, 0.5) is 0 Å². The molecule has 2 N–H and O–H groups in total. The number of methoxy groups -OCH3 is 1. The molecular formula is C12H25NO. The van der Waals surface area contributed by atoms with Crippen molar-refractivity contribution in [2.75, 3.05) is 20.3 Å². The van der Waals surface area contributed by atoms with Gasteiger partial charge in [-0.3, -0.25) is 0 Å². The molecule has 1 atom stereocenters. The lowest BCUT2D eigenvalue weighted by Crippen LogP contribution is -2.41. The van der Waals surface area contributed by atoms with Crippen LogP contribution < -0.4 is 5.73 Å². The van der Waals surface area contributed by atoms with Gasteiger partial charge in [-0.15, -0.1) is 0 Å². The van der Waals surface area contributed by atoms with Gasteiger partial charge in [0.2, 0.25) is 0 Å². The zero-order valence-electron chi connectivity index (χ0n) is 9.72. The summed E-state index contributed by atoms with van der Waals surface area (Å²) in [7, 11) is 1.80. The van der Waals surface area contributed by atoms with E-state index in [1.165, 1.54) is 38.5 Å². The van der Waals surface area contributed by atoms with Crippen LogP contribution in [0.5, 0.6) is 0 Å². The van der Waals surface area contributed by atoms with Gasteiger partial charge in [-0.25, -0.2) is 0 Å². The summed E-state index contributed by atoms with van der Waals surface area (Å²) in [6.07, 6.45) is 7.94. The van der Waals surface area contributed by atoms with Crippen molar-refractivity contribution >= 4 is 0 Å². The fourth-order valence-corrected chi connectivity index (χ4v) is 3.05. The average Bonchev–Trinajstić information content (AvgIpc) is 2.70. The lowest BCUT2D eigenvalue weighted by molar-refractivity contribution is 0.0312. The van der Waals surface area contributed by atoms with Crippen LogP contribution in [0.2, 0.25) is 0 Å². The van der Waals surface area contributed by atoms with E-state index < -0.39 is 0 Å². The largest absolute Gasteiger partial charge is 0.384 e. The molecule has 0 aliphatic heterocycles. The molecular weight excluding hydrogens is 174 g/mol. The number of ether oxygens (including phenoxy) is 1. The minimum absolute atomic E-state index is 0.278. The first-order chi connectivity index (χ1) is 6.79. The number of hydrogen-bond donors (Lipinski definition) is 1. The monoisotopic (exact) mass is 199 g/mol. The van der Waals surface area contributed by atoms with E-state index in [0.717, 1.165) is 19.1 Å². The highest BCUT2D eigenvalue weighted by atomic mass is 16.5. The smallest absolute Gasteiger partial charge is 0.0533 e. The molecule has 84 valence electrons. The first-order valence-corrected chi connectivity index (χ1v) is 5.98. The third kappa shape index (κ3) is 2.48. The fourth-order valence-electron chi connectivity index (χ4n) is 3.05. The van der Waals surface area contributed by atoms with E-state index in [0.29, 0.717) is 0 Å². The Morgan fingerprint density at radius 3 is 2.43 bits per heavy atom. The third-order valence-corrected chi connectivity index (χ3v) is 3.81. The minimum atomic E-state index is 0.278. The summed E-state index contributed by atoms with van der Waals surface area (Å²) in [6, 6.07) is 0. The van der Waals surface area contributed by atoms with Crippen molar-refractivity contribution in [1.29, 1.82) is 0 Å². The topological polar surface area (TPSA) is 35.2 Å². The second kappa shape index (κ2) is 5.72. The van der Waals surface area contributed by atoms with E-state index in [1.807, 2.05) is 0 Å². The zero-order chi connectivity index (χ0) is 10.4. The average molecular weight is 199 g/mol. The summed E-state index contributed by atoms with van der Waals surface area (Å²) in [5, 5.41) is 0. The van der Waals surface area contributed by atoms with Crippen LogP contribution in [-0.4, -0.2) is 20.3 Å². The maximum Gasteiger partial charge on any atom is 0.0533 e. The van der Waals surface area contributed by atoms with E-state index in [2.05, 4.69) is 6.92 Å². The van der Waals surface area contributed by atoms with Crippen LogP contribution >= 0.6 is 0 Å². The molecule has 0 heterocycles. The number of nitrogens with two attached hydrogens (primary N) is 1. The van der Waals surface area contributed by atoms with Crippen molar-refractivity contribution in [3.8, 4) is 0 Å². The van der Waals surface area contributed by atoms with Gasteiger partial charge >= 0.3 is 0 Å². The lowest BCUT2D eigenvalue weighted by atomic mass is 9.72. The Kier molecular flexibility index (Phi) is 4.90. The van der Waals surface area contributed by atoms with Crippen molar-refractivity contribution in [2.45, 2.75) is 45.4 Å². The normalized spacial score (nSPS) is 22.5. The standard InChI is InChI=1S/C12H25NO/c1-3-8-12(9-13,10-14-2)11-6-4-5-7-11/h11H,3-10,13H2,1-2H3. The molecule has 1 aliphatic rings. The van der Waals surface area contributed by atoms with Gasteiger partial charge in [-0.2, -0.15) is 0 Å². The van der Waals surface area contributed by atoms with Gasteiger partial charge in [-0.05, 0) is 25.2 Å². The van der Waals surface area contributed by atoms with E-state index >= 15 is 0 Å². The van der Waals surface area contributed by atoms with E-state index in [4.69, 9.17) is 10.5 Å². The van der Waals surface area contributed by atoms with Crippen molar-refractivity contribution in [3.63, 3.8) is 0 Å². The molecule has 0 amide bonds. The first kappa shape index (κ1) is 12.0. The van der Waals surface area contributed by atoms with Gasteiger partial charge in [-0.1, -0.05) is 26.2 Å². The van der Waals surface area contributed by atoms with E-state index in [-0.39, 0.29) is 5.41 Å². The third-order valence-electron chi connectivity index (χ3n) is 3.81. The van der Waals surface area contributed by atoms with Gasteiger partial charge < -0.3 is 10.5 Å². The highest BCUT2D eigenvalue weighted by molar-refractivity contribution is 4.89. The van der Waals surface area contributed by atoms with Gasteiger partial charge in [0.15, 0.2) is 0 Å². The molecule has 1 fully saturated rings. The predicted octanol–water partition coefficient (Wildman–Crippen LogP) is 2.57. The van der Waals surface area contributed by atoms with Crippen LogP contribution in [-0.2, 0) is 4.74 Å². The number of hydrogen-bond acceptors (Lipinski definition) is 2. The molecule has 0 aromatic heterocycles. The Labute approximate surface area is 88.2 Å². The van der Waals surface area contributed by atoms with Gasteiger partial charge in [0, 0.05) is 19.1 Å². The quantitative estimate of drug-likeness (QED) is 0.713. The minimum Gasteiger partial charge on any atom is -0.384 e. The Bertz CT molecular complexity index is 146. The molecule has 0 aromatic rings. The highest BCUT2D eigenvalue weighted by Crippen LogP contribution is 2.42. The molecule has 1 rings (SSSR count). The molecule has 2 nitrogen and oxygen atoms in total. The van der Waals surface area contributed by atoms with Crippen molar-refractivity contribution in [3.05, 3.63) is 0 Å². The molecule has 0 radical (unpaired) electrons. The van der Waals surface area contributed by atoms with E-state index in [9.17, 15) is 0 Å². The Morgan fingerprint density at radius 2 is 2.00 bits per heavy atom. The van der Waals surface area contributed by atoms with Crippen LogP contribution in [0.15, 0.2) is 0 Å². The maximum absolute atomic E-state index is 5.98. The summed E-state index contributed by atoms with van der Waals surface area (Å²) in [6.45, 7) is 3.89. The molecule has 1 unspecified atom stereocenters. The zero-order valence-corrected chi connectivity index (χ0v) is 9.72. The predicted molar refractivity (Wildman–Crippen MR) is 60.2 cm³/mol. The highest BCUT2D eigenvalue weighted by Gasteiger charge is 2.38. The molecule has 0 saturated heterocycles. The Hall–Kier alpha value is -0.0800. The molecule has 14 heavy (non-hydrogen) atoms. The van der Waals surface area contributed by atoms with Crippen LogP contribution in [0.3, 0.4) is 0 Å².